The lowest BCUT2D eigenvalue weighted by Crippen LogP contribution is -2.15. The van der Waals surface area contributed by atoms with Crippen LogP contribution in [0.25, 0.3) is 0 Å². The van der Waals surface area contributed by atoms with E-state index in [0.717, 1.165) is 16.1 Å². The monoisotopic (exact) mass is 272 g/mol. The van der Waals surface area contributed by atoms with E-state index in [-0.39, 0.29) is 0 Å². The maximum Gasteiger partial charge on any atom is 0.345 e. The van der Waals surface area contributed by atoms with Crippen molar-refractivity contribution >= 4 is 50.8 Å². The molecular formula is C8H8Cl4Si. The van der Waals surface area contributed by atoms with Crippen molar-refractivity contribution in [3.05, 3.63) is 34.3 Å². The Bertz CT molecular complexity index is 306. The SMILES string of the molecule is Cc1c(Cl)cccc1C[Si](Cl)(Cl)Cl. The standard InChI is InChI=1S/C8H8Cl4Si/c1-6-7(5-13(10,11)12)3-2-4-8(6)9/h2-4H,5H2,1H3. The van der Waals surface area contributed by atoms with Gasteiger partial charge in [-0.25, -0.2) is 0 Å². The highest BCUT2D eigenvalue weighted by molar-refractivity contribution is 7.64. The van der Waals surface area contributed by atoms with Gasteiger partial charge in [-0.3, -0.25) is 0 Å². The fraction of sp³-hybridized carbons (Fsp3) is 0.250. The Morgan fingerprint density at radius 3 is 2.38 bits per heavy atom. The van der Waals surface area contributed by atoms with E-state index in [4.69, 9.17) is 44.8 Å². The maximum atomic E-state index is 5.93. The summed E-state index contributed by atoms with van der Waals surface area (Å²) in [6, 6.07) is 3.57. The quantitative estimate of drug-likeness (QED) is 0.554. The van der Waals surface area contributed by atoms with E-state index in [1.165, 1.54) is 0 Å². The highest BCUT2D eigenvalue weighted by Gasteiger charge is 2.26. The molecule has 0 bridgehead atoms. The molecule has 0 fully saturated rings. The first-order valence-corrected chi connectivity index (χ1v) is 9.33. The lowest BCUT2D eigenvalue weighted by Gasteiger charge is -2.11. The molecule has 0 aliphatic rings. The van der Waals surface area contributed by atoms with Crippen LogP contribution in [0.1, 0.15) is 11.1 Å². The molecule has 72 valence electrons. The van der Waals surface area contributed by atoms with E-state index in [1.54, 1.807) is 0 Å². The van der Waals surface area contributed by atoms with Gasteiger partial charge in [-0.05, 0) is 24.1 Å². The summed E-state index contributed by atoms with van der Waals surface area (Å²) in [6.45, 7) is 1.93. The lowest BCUT2D eigenvalue weighted by molar-refractivity contribution is 1.29. The third-order valence-electron chi connectivity index (χ3n) is 1.77. The van der Waals surface area contributed by atoms with Crippen molar-refractivity contribution in [1.29, 1.82) is 0 Å². The molecule has 0 aliphatic heterocycles. The van der Waals surface area contributed by atoms with Crippen LogP contribution in [0.15, 0.2) is 18.2 Å². The van der Waals surface area contributed by atoms with Gasteiger partial charge in [0.05, 0.1) is 0 Å². The van der Waals surface area contributed by atoms with Crippen molar-refractivity contribution < 1.29 is 0 Å². The molecule has 0 spiro atoms. The Balaban J connectivity index is 2.96. The second-order valence-electron chi connectivity index (χ2n) is 2.82. The van der Waals surface area contributed by atoms with Gasteiger partial charge < -0.3 is 0 Å². The minimum absolute atomic E-state index is 0.518. The Hall–Kier alpha value is 0.597. The van der Waals surface area contributed by atoms with Crippen molar-refractivity contribution in [3.8, 4) is 0 Å². The smallest absolute Gasteiger partial charge is 0.126 e. The Morgan fingerprint density at radius 1 is 1.23 bits per heavy atom. The summed E-state index contributed by atoms with van der Waals surface area (Å²) in [7, 11) is 0. The average molecular weight is 274 g/mol. The van der Waals surface area contributed by atoms with Gasteiger partial charge in [0, 0.05) is 11.1 Å². The van der Waals surface area contributed by atoms with Crippen LogP contribution in [-0.4, -0.2) is 6.00 Å². The van der Waals surface area contributed by atoms with Crippen molar-refractivity contribution in [2.24, 2.45) is 0 Å². The molecule has 0 aliphatic carbocycles. The minimum atomic E-state index is -2.59. The van der Waals surface area contributed by atoms with Crippen LogP contribution in [-0.2, 0) is 6.04 Å². The molecule has 0 amide bonds. The van der Waals surface area contributed by atoms with Crippen LogP contribution in [0, 0.1) is 6.92 Å². The first-order valence-electron chi connectivity index (χ1n) is 3.71. The van der Waals surface area contributed by atoms with Gasteiger partial charge in [0.25, 0.3) is 0 Å². The molecule has 1 rings (SSSR count). The van der Waals surface area contributed by atoms with E-state index in [2.05, 4.69) is 0 Å². The number of benzene rings is 1. The summed E-state index contributed by atoms with van der Waals surface area (Å²) in [6.07, 6.45) is 0. The number of rotatable bonds is 2. The van der Waals surface area contributed by atoms with Crippen LogP contribution < -0.4 is 0 Å². The fourth-order valence-electron chi connectivity index (χ4n) is 1.06. The molecule has 0 saturated carbocycles. The Morgan fingerprint density at radius 2 is 1.85 bits per heavy atom. The number of hydrogen-bond acceptors (Lipinski definition) is 0. The second kappa shape index (κ2) is 4.41. The van der Waals surface area contributed by atoms with Gasteiger partial charge in [-0.15, -0.1) is 33.2 Å². The summed E-state index contributed by atoms with van der Waals surface area (Å²) in [4.78, 5) is 0. The molecule has 0 N–H and O–H groups in total. The second-order valence-corrected chi connectivity index (χ2v) is 12.4. The van der Waals surface area contributed by atoms with Crippen LogP contribution >= 0.6 is 44.8 Å². The minimum Gasteiger partial charge on any atom is -0.126 e. The summed E-state index contributed by atoms with van der Waals surface area (Å²) in [5, 5.41) is 0.723. The zero-order valence-corrected chi connectivity index (χ0v) is 11.0. The molecule has 0 aromatic heterocycles. The van der Waals surface area contributed by atoms with E-state index < -0.39 is 6.00 Å². The Labute approximate surface area is 97.9 Å². The summed E-state index contributed by atoms with van der Waals surface area (Å²) in [5.74, 6) is 0. The van der Waals surface area contributed by atoms with E-state index in [1.807, 2.05) is 25.1 Å². The van der Waals surface area contributed by atoms with Crippen LogP contribution in [0.4, 0.5) is 0 Å². The molecule has 0 radical (unpaired) electrons. The van der Waals surface area contributed by atoms with Gasteiger partial charge in [0.2, 0.25) is 0 Å². The van der Waals surface area contributed by atoms with Crippen molar-refractivity contribution in [2.45, 2.75) is 13.0 Å². The zero-order valence-electron chi connectivity index (χ0n) is 6.95. The third-order valence-corrected chi connectivity index (χ3v) is 4.16. The van der Waals surface area contributed by atoms with Gasteiger partial charge in [-0.2, -0.15) is 0 Å². The van der Waals surface area contributed by atoms with Crippen LogP contribution in [0.3, 0.4) is 0 Å². The summed E-state index contributed by atoms with van der Waals surface area (Å²) >= 11 is 23.4. The first kappa shape index (κ1) is 11.7. The molecule has 5 heteroatoms. The molecule has 0 heterocycles. The first-order chi connectivity index (χ1) is 5.90. The molecule has 0 atom stereocenters. The number of hydrogen-bond donors (Lipinski definition) is 0. The lowest BCUT2D eigenvalue weighted by atomic mass is 10.1. The van der Waals surface area contributed by atoms with Crippen molar-refractivity contribution in [1.82, 2.24) is 0 Å². The normalized spacial score (nSPS) is 11.8. The molecule has 13 heavy (non-hydrogen) atoms. The molecule has 0 nitrogen and oxygen atoms in total. The summed E-state index contributed by atoms with van der Waals surface area (Å²) < 4.78 is 0. The third kappa shape index (κ3) is 3.68. The predicted octanol–water partition coefficient (Wildman–Crippen LogP) is 4.39. The maximum absolute atomic E-state index is 5.93. The van der Waals surface area contributed by atoms with Crippen molar-refractivity contribution in [3.63, 3.8) is 0 Å². The summed E-state index contributed by atoms with van der Waals surface area (Å²) in [5.41, 5.74) is 2.03. The van der Waals surface area contributed by atoms with Gasteiger partial charge in [0.1, 0.15) is 0 Å². The van der Waals surface area contributed by atoms with E-state index in [0.29, 0.717) is 6.04 Å². The fourth-order valence-corrected chi connectivity index (χ4v) is 3.36. The Kier molecular flexibility index (Phi) is 3.96. The van der Waals surface area contributed by atoms with Gasteiger partial charge in [0.15, 0.2) is 0 Å². The van der Waals surface area contributed by atoms with Crippen LogP contribution in [0.5, 0.6) is 0 Å². The number of halogens is 4. The molecule has 1 aromatic rings. The van der Waals surface area contributed by atoms with Crippen molar-refractivity contribution in [2.75, 3.05) is 0 Å². The van der Waals surface area contributed by atoms with E-state index >= 15 is 0 Å². The predicted molar refractivity (Wildman–Crippen MR) is 63.2 cm³/mol. The van der Waals surface area contributed by atoms with Crippen LogP contribution in [0.2, 0.25) is 5.02 Å². The molecule has 0 saturated heterocycles. The highest BCUT2D eigenvalue weighted by atomic mass is 35.8. The van der Waals surface area contributed by atoms with Gasteiger partial charge in [-0.1, -0.05) is 23.7 Å². The average Bonchev–Trinajstić information content (AvgIpc) is 1.96. The zero-order chi connectivity index (χ0) is 10.1. The molecule has 1 aromatic carbocycles. The largest absolute Gasteiger partial charge is 0.345 e. The topological polar surface area (TPSA) is 0 Å². The molecular weight excluding hydrogens is 266 g/mol. The highest BCUT2D eigenvalue weighted by Crippen LogP contribution is 2.28. The van der Waals surface area contributed by atoms with E-state index in [9.17, 15) is 0 Å². The van der Waals surface area contributed by atoms with Gasteiger partial charge >= 0.3 is 6.00 Å². The molecule has 0 unspecified atom stereocenters.